The first-order chi connectivity index (χ1) is 17.1. The van der Waals surface area contributed by atoms with Crippen molar-refractivity contribution < 1.29 is 4.74 Å². The van der Waals surface area contributed by atoms with Crippen molar-refractivity contribution in [3.63, 3.8) is 0 Å². The molecule has 0 spiro atoms. The molecule has 3 aromatic heterocycles. The van der Waals surface area contributed by atoms with Gasteiger partial charge in [-0.1, -0.05) is 30.3 Å². The Morgan fingerprint density at radius 2 is 1.91 bits per heavy atom. The molecule has 3 heterocycles. The van der Waals surface area contributed by atoms with Crippen LogP contribution in [0.1, 0.15) is 27.4 Å². The van der Waals surface area contributed by atoms with Gasteiger partial charge in [0.15, 0.2) is 5.82 Å². The van der Waals surface area contributed by atoms with Crippen molar-refractivity contribution in [3.05, 3.63) is 104 Å². The van der Waals surface area contributed by atoms with Gasteiger partial charge in [-0.05, 0) is 69.6 Å². The number of hydrogen-bond donors (Lipinski definition) is 1. The van der Waals surface area contributed by atoms with Crippen LogP contribution in [0.3, 0.4) is 0 Å². The smallest absolute Gasteiger partial charge is 0.252 e. The van der Waals surface area contributed by atoms with Crippen LogP contribution < -0.4 is 10.3 Å². The average molecular weight is 487 g/mol. The lowest BCUT2D eigenvalue weighted by Crippen LogP contribution is -2.27. The van der Waals surface area contributed by atoms with Gasteiger partial charge in [0.25, 0.3) is 5.56 Å². The summed E-state index contributed by atoms with van der Waals surface area (Å²) in [5, 5.41) is 15.5. The third-order valence-electron chi connectivity index (χ3n) is 5.89. The predicted octanol–water partition coefficient (Wildman–Crippen LogP) is 4.14. The molecule has 0 saturated carbocycles. The number of fused-ring (bicyclic) bond motifs is 1. The number of aryl methyl sites for hydroxylation is 1. The van der Waals surface area contributed by atoms with Crippen LogP contribution in [0.15, 0.2) is 70.8 Å². The summed E-state index contributed by atoms with van der Waals surface area (Å²) in [5.41, 5.74) is 3.69. The summed E-state index contributed by atoms with van der Waals surface area (Å²) in [5.74, 6) is 1.55. The lowest BCUT2D eigenvalue weighted by atomic mass is 10.1. The molecule has 0 amide bonds. The highest BCUT2D eigenvalue weighted by Gasteiger charge is 2.16. The zero-order valence-electron chi connectivity index (χ0n) is 19.6. The first kappa shape index (κ1) is 22.9. The molecule has 8 nitrogen and oxygen atoms in total. The number of pyridine rings is 1. The Morgan fingerprint density at radius 3 is 2.69 bits per heavy atom. The Labute approximate surface area is 206 Å². The van der Waals surface area contributed by atoms with Crippen molar-refractivity contribution >= 4 is 22.2 Å². The Bertz CT molecular complexity index is 1470. The lowest BCUT2D eigenvalue weighted by molar-refractivity contribution is 0.238. The van der Waals surface area contributed by atoms with Crippen molar-refractivity contribution in [1.29, 1.82) is 0 Å². The Hall–Kier alpha value is -3.82. The van der Waals surface area contributed by atoms with Gasteiger partial charge in [0, 0.05) is 29.0 Å². The van der Waals surface area contributed by atoms with Gasteiger partial charge in [0.05, 0.1) is 20.2 Å². The van der Waals surface area contributed by atoms with E-state index in [9.17, 15) is 4.79 Å². The zero-order valence-corrected chi connectivity index (χ0v) is 20.5. The number of ether oxygens (including phenoxy) is 1. The van der Waals surface area contributed by atoms with Crippen molar-refractivity contribution in [2.24, 2.45) is 0 Å². The van der Waals surface area contributed by atoms with Crippen molar-refractivity contribution in [3.8, 4) is 5.75 Å². The summed E-state index contributed by atoms with van der Waals surface area (Å²) in [6, 6.07) is 20.1. The van der Waals surface area contributed by atoms with E-state index in [4.69, 9.17) is 4.74 Å². The Morgan fingerprint density at radius 1 is 1.06 bits per heavy atom. The van der Waals surface area contributed by atoms with Crippen LogP contribution in [0, 0.1) is 6.92 Å². The van der Waals surface area contributed by atoms with Crippen LogP contribution in [-0.2, 0) is 26.2 Å². The Kier molecular flexibility index (Phi) is 6.69. The monoisotopic (exact) mass is 486 g/mol. The van der Waals surface area contributed by atoms with Gasteiger partial charge >= 0.3 is 0 Å². The first-order valence-corrected chi connectivity index (χ1v) is 12.2. The van der Waals surface area contributed by atoms with E-state index >= 15 is 0 Å². The summed E-state index contributed by atoms with van der Waals surface area (Å²) < 4.78 is 7.05. The number of nitrogens with zero attached hydrogens (tertiary/aromatic N) is 5. The molecule has 0 aliphatic heterocycles. The topological polar surface area (TPSA) is 88.9 Å². The molecular formula is C26H26N6O2S. The number of aromatic nitrogens is 5. The van der Waals surface area contributed by atoms with E-state index in [-0.39, 0.29) is 5.56 Å². The number of rotatable bonds is 9. The molecule has 0 atom stereocenters. The number of methoxy groups -OCH3 is 1. The molecule has 1 N–H and O–H groups in total. The molecule has 0 saturated heterocycles. The van der Waals surface area contributed by atoms with Crippen molar-refractivity contribution in [2.75, 3.05) is 7.11 Å². The minimum atomic E-state index is -0.0721. The number of nitrogens with one attached hydrogen (secondary N) is 1. The summed E-state index contributed by atoms with van der Waals surface area (Å²) in [4.78, 5) is 19.4. The maximum absolute atomic E-state index is 12.9. The molecule has 0 unspecified atom stereocenters. The van der Waals surface area contributed by atoms with Gasteiger partial charge in [0.2, 0.25) is 0 Å². The van der Waals surface area contributed by atoms with Gasteiger partial charge in [-0.2, -0.15) is 0 Å². The minimum Gasteiger partial charge on any atom is -0.497 e. The standard InChI is InChI=1S/C26H26N6O2S/c1-18-5-8-20-13-21(26(33)27-24(20)12-18)15-31(16-23-4-3-11-35-23)17-25-28-29-30-32(25)14-19-6-9-22(34-2)10-7-19/h3-13H,14-17H2,1-2H3,(H,27,33). The molecule has 0 fully saturated rings. The molecule has 2 aromatic carbocycles. The number of benzene rings is 2. The number of aromatic amines is 1. The quantitative estimate of drug-likeness (QED) is 0.337. The number of hydrogen-bond acceptors (Lipinski definition) is 7. The molecular weight excluding hydrogens is 460 g/mol. The second-order valence-corrected chi connectivity index (χ2v) is 9.57. The van der Waals surface area contributed by atoms with Gasteiger partial charge < -0.3 is 9.72 Å². The number of H-pyrrole nitrogens is 1. The van der Waals surface area contributed by atoms with Gasteiger partial charge in [-0.15, -0.1) is 16.4 Å². The van der Waals surface area contributed by atoms with E-state index in [0.717, 1.165) is 33.6 Å². The first-order valence-electron chi connectivity index (χ1n) is 11.3. The molecule has 5 aromatic rings. The normalized spacial score (nSPS) is 11.4. The minimum absolute atomic E-state index is 0.0721. The summed E-state index contributed by atoms with van der Waals surface area (Å²) >= 11 is 1.70. The van der Waals surface area contributed by atoms with Crippen molar-refractivity contribution in [2.45, 2.75) is 33.1 Å². The lowest BCUT2D eigenvalue weighted by Gasteiger charge is -2.21. The van der Waals surface area contributed by atoms with E-state index in [1.165, 1.54) is 4.88 Å². The SMILES string of the molecule is COc1ccc(Cn2nnnc2CN(Cc2cccs2)Cc2cc3ccc(C)cc3[nH]c2=O)cc1. The van der Waals surface area contributed by atoms with Crippen LogP contribution in [0.2, 0.25) is 0 Å². The van der Waals surface area contributed by atoms with Crippen LogP contribution >= 0.6 is 11.3 Å². The van der Waals surface area contributed by atoms with Gasteiger partial charge in [0.1, 0.15) is 5.75 Å². The molecule has 0 aliphatic rings. The zero-order chi connectivity index (χ0) is 24.2. The van der Waals surface area contributed by atoms with E-state index in [1.807, 2.05) is 55.5 Å². The van der Waals surface area contributed by atoms with Crippen LogP contribution in [0.4, 0.5) is 0 Å². The molecule has 0 bridgehead atoms. The fraction of sp³-hybridized carbons (Fsp3) is 0.231. The maximum Gasteiger partial charge on any atom is 0.252 e. The van der Waals surface area contributed by atoms with E-state index in [1.54, 1.807) is 23.1 Å². The van der Waals surface area contributed by atoms with Gasteiger partial charge in [-0.25, -0.2) is 4.68 Å². The fourth-order valence-corrected chi connectivity index (χ4v) is 4.82. The summed E-state index contributed by atoms with van der Waals surface area (Å²) in [6.07, 6.45) is 0. The Balaban J connectivity index is 1.40. The highest BCUT2D eigenvalue weighted by Crippen LogP contribution is 2.19. The van der Waals surface area contributed by atoms with Gasteiger partial charge in [-0.3, -0.25) is 9.69 Å². The number of tetrazole rings is 1. The molecule has 0 radical (unpaired) electrons. The second-order valence-electron chi connectivity index (χ2n) is 8.54. The molecule has 9 heteroatoms. The molecule has 178 valence electrons. The summed E-state index contributed by atoms with van der Waals surface area (Å²) in [6.45, 7) is 4.25. The molecule has 35 heavy (non-hydrogen) atoms. The molecule has 5 rings (SSSR count). The van der Waals surface area contributed by atoms with Crippen LogP contribution in [0.5, 0.6) is 5.75 Å². The predicted molar refractivity (Wildman–Crippen MR) is 136 cm³/mol. The highest BCUT2D eigenvalue weighted by molar-refractivity contribution is 7.09. The second kappa shape index (κ2) is 10.2. The average Bonchev–Trinajstić information content (AvgIpc) is 3.52. The maximum atomic E-state index is 12.9. The fourth-order valence-electron chi connectivity index (χ4n) is 4.07. The largest absolute Gasteiger partial charge is 0.497 e. The van der Waals surface area contributed by atoms with E-state index in [0.29, 0.717) is 31.7 Å². The van der Waals surface area contributed by atoms with E-state index < -0.39 is 0 Å². The summed E-state index contributed by atoms with van der Waals surface area (Å²) in [7, 11) is 1.65. The van der Waals surface area contributed by atoms with Crippen LogP contribution in [-0.4, -0.2) is 37.2 Å². The third kappa shape index (κ3) is 5.47. The number of thiophene rings is 1. The van der Waals surface area contributed by atoms with Crippen molar-refractivity contribution in [1.82, 2.24) is 30.1 Å². The van der Waals surface area contributed by atoms with Crippen LogP contribution in [0.25, 0.3) is 10.9 Å². The third-order valence-corrected chi connectivity index (χ3v) is 6.76. The highest BCUT2D eigenvalue weighted by atomic mass is 32.1. The molecule has 0 aliphatic carbocycles. The van der Waals surface area contributed by atoms with E-state index in [2.05, 4.69) is 42.9 Å².